The Bertz CT molecular complexity index is 1170. The van der Waals surface area contributed by atoms with Gasteiger partial charge in [-0.2, -0.15) is 4.52 Å². The van der Waals surface area contributed by atoms with Crippen molar-refractivity contribution >= 4 is 40.0 Å². The summed E-state index contributed by atoms with van der Waals surface area (Å²) in [6.07, 6.45) is 8.21. The number of hydrogen-bond donors (Lipinski definition) is 1. The lowest BCUT2D eigenvalue weighted by atomic mass is 10.2. The van der Waals surface area contributed by atoms with Crippen LogP contribution in [0.25, 0.3) is 28.1 Å². The SMILES string of the molecule is C#CCCCC(=O)Nc1nc2ccc(Cl)cc2c2nc(-c3ccco3)nn12. The van der Waals surface area contributed by atoms with Gasteiger partial charge < -0.3 is 4.42 Å². The number of amides is 1. The van der Waals surface area contributed by atoms with Crippen LogP contribution < -0.4 is 5.32 Å². The number of hydrogen-bond acceptors (Lipinski definition) is 5. The Kier molecular flexibility index (Phi) is 4.48. The molecule has 4 aromatic rings. The molecule has 8 heteroatoms. The summed E-state index contributed by atoms with van der Waals surface area (Å²) in [7, 11) is 0. The normalized spacial score (nSPS) is 11.0. The van der Waals surface area contributed by atoms with Gasteiger partial charge >= 0.3 is 0 Å². The first-order chi connectivity index (χ1) is 13.2. The number of rotatable bonds is 5. The Labute approximate surface area is 159 Å². The van der Waals surface area contributed by atoms with Gasteiger partial charge in [0.15, 0.2) is 11.4 Å². The second kappa shape index (κ2) is 7.09. The molecule has 0 aliphatic rings. The van der Waals surface area contributed by atoms with Crippen molar-refractivity contribution in [2.24, 2.45) is 0 Å². The van der Waals surface area contributed by atoms with Crippen molar-refractivity contribution in [2.75, 3.05) is 5.32 Å². The maximum absolute atomic E-state index is 12.2. The molecule has 4 rings (SSSR count). The number of anilines is 1. The maximum atomic E-state index is 12.2. The number of aromatic nitrogens is 4. The predicted octanol–water partition coefficient (Wildman–Crippen LogP) is 3.93. The maximum Gasteiger partial charge on any atom is 0.233 e. The van der Waals surface area contributed by atoms with Gasteiger partial charge in [-0.25, -0.2) is 9.97 Å². The van der Waals surface area contributed by atoms with Crippen LogP contribution in [-0.4, -0.2) is 25.5 Å². The van der Waals surface area contributed by atoms with Gasteiger partial charge in [-0.3, -0.25) is 10.1 Å². The molecular formula is C19H14ClN5O2. The summed E-state index contributed by atoms with van der Waals surface area (Å²) in [5.74, 6) is 3.50. The van der Waals surface area contributed by atoms with E-state index >= 15 is 0 Å². The van der Waals surface area contributed by atoms with Gasteiger partial charge in [0.25, 0.3) is 0 Å². The highest BCUT2D eigenvalue weighted by molar-refractivity contribution is 6.31. The number of halogens is 1. The molecule has 7 nitrogen and oxygen atoms in total. The molecule has 27 heavy (non-hydrogen) atoms. The van der Waals surface area contributed by atoms with Crippen LogP contribution >= 0.6 is 11.6 Å². The van der Waals surface area contributed by atoms with E-state index < -0.39 is 0 Å². The van der Waals surface area contributed by atoms with Crippen LogP contribution in [0.1, 0.15) is 19.3 Å². The van der Waals surface area contributed by atoms with Crippen molar-refractivity contribution in [1.82, 2.24) is 19.6 Å². The predicted molar refractivity (Wildman–Crippen MR) is 102 cm³/mol. The third kappa shape index (κ3) is 3.35. The summed E-state index contributed by atoms with van der Waals surface area (Å²) < 4.78 is 6.86. The van der Waals surface area contributed by atoms with E-state index in [1.165, 1.54) is 4.52 Å². The first-order valence-corrected chi connectivity index (χ1v) is 8.67. The van der Waals surface area contributed by atoms with Crippen LogP contribution in [0.3, 0.4) is 0 Å². The van der Waals surface area contributed by atoms with E-state index in [0.717, 1.165) is 5.39 Å². The van der Waals surface area contributed by atoms with Crippen molar-refractivity contribution in [3.63, 3.8) is 0 Å². The summed E-state index contributed by atoms with van der Waals surface area (Å²) in [4.78, 5) is 21.3. The van der Waals surface area contributed by atoms with Crippen LogP contribution in [0, 0.1) is 12.3 Å². The minimum Gasteiger partial charge on any atom is -0.461 e. The zero-order valence-electron chi connectivity index (χ0n) is 14.1. The summed E-state index contributed by atoms with van der Waals surface area (Å²) in [5.41, 5.74) is 1.16. The Hall–Kier alpha value is -3.37. The average Bonchev–Trinajstić information content (AvgIpc) is 3.32. The Balaban J connectivity index is 1.83. The smallest absolute Gasteiger partial charge is 0.233 e. The largest absolute Gasteiger partial charge is 0.461 e. The molecule has 0 spiro atoms. The number of nitrogens with one attached hydrogen (secondary N) is 1. The lowest BCUT2D eigenvalue weighted by Crippen LogP contribution is -2.16. The fourth-order valence-electron chi connectivity index (χ4n) is 2.71. The molecule has 0 aliphatic heterocycles. The number of benzene rings is 1. The molecule has 1 aromatic carbocycles. The summed E-state index contributed by atoms with van der Waals surface area (Å²) in [6, 6.07) is 8.78. The molecule has 0 radical (unpaired) electrons. The number of fused-ring (bicyclic) bond motifs is 3. The lowest BCUT2D eigenvalue weighted by molar-refractivity contribution is -0.116. The van der Waals surface area contributed by atoms with E-state index in [1.54, 1.807) is 36.6 Å². The minimum absolute atomic E-state index is 0.192. The van der Waals surface area contributed by atoms with Gasteiger partial charge in [0.05, 0.1) is 11.8 Å². The molecule has 0 fully saturated rings. The third-order valence-electron chi connectivity index (χ3n) is 3.95. The highest BCUT2D eigenvalue weighted by atomic mass is 35.5. The number of carbonyl (C=O) groups excluding carboxylic acids is 1. The number of nitrogens with zero attached hydrogens (tertiary/aromatic N) is 4. The van der Waals surface area contributed by atoms with Crippen molar-refractivity contribution < 1.29 is 9.21 Å². The van der Waals surface area contributed by atoms with Crippen molar-refractivity contribution in [3.8, 4) is 23.9 Å². The van der Waals surface area contributed by atoms with Gasteiger partial charge in [0.2, 0.25) is 17.7 Å². The fraction of sp³-hybridized carbons (Fsp3) is 0.158. The van der Waals surface area contributed by atoms with Crippen LogP contribution in [0.15, 0.2) is 41.0 Å². The third-order valence-corrected chi connectivity index (χ3v) is 4.19. The zero-order valence-corrected chi connectivity index (χ0v) is 14.9. The first kappa shape index (κ1) is 17.1. The number of furan rings is 1. The number of carbonyl (C=O) groups is 1. The quantitative estimate of drug-likeness (QED) is 0.419. The molecule has 1 N–H and O–H groups in total. The second-order valence-corrected chi connectivity index (χ2v) is 6.29. The fourth-order valence-corrected chi connectivity index (χ4v) is 2.88. The van der Waals surface area contributed by atoms with Gasteiger partial charge in [0.1, 0.15) is 0 Å². The number of unbranched alkanes of at least 4 members (excludes halogenated alkanes) is 1. The van der Waals surface area contributed by atoms with Crippen molar-refractivity contribution in [3.05, 3.63) is 41.6 Å². The first-order valence-electron chi connectivity index (χ1n) is 8.29. The van der Waals surface area contributed by atoms with E-state index in [4.69, 9.17) is 22.4 Å². The van der Waals surface area contributed by atoms with Crippen LogP contribution in [-0.2, 0) is 4.79 Å². The van der Waals surface area contributed by atoms with E-state index in [0.29, 0.717) is 47.0 Å². The minimum atomic E-state index is -0.192. The second-order valence-electron chi connectivity index (χ2n) is 5.85. The highest BCUT2D eigenvalue weighted by Crippen LogP contribution is 2.26. The van der Waals surface area contributed by atoms with Gasteiger partial charge in [-0.15, -0.1) is 17.4 Å². The standard InChI is InChI=1S/C19H14ClN5O2/c1-2-3-4-7-16(26)22-19-21-14-9-8-12(20)11-13(14)18-23-17(24-25(18)19)15-6-5-10-27-15/h1,5-6,8-11H,3-4,7H2,(H,21,22,26). The highest BCUT2D eigenvalue weighted by Gasteiger charge is 2.17. The Morgan fingerprint density at radius 2 is 2.22 bits per heavy atom. The Morgan fingerprint density at radius 1 is 1.33 bits per heavy atom. The average molecular weight is 380 g/mol. The van der Waals surface area contributed by atoms with Crippen molar-refractivity contribution in [1.29, 1.82) is 0 Å². The lowest BCUT2D eigenvalue weighted by Gasteiger charge is -2.08. The van der Waals surface area contributed by atoms with Gasteiger partial charge in [0, 0.05) is 23.3 Å². The molecule has 0 atom stereocenters. The van der Waals surface area contributed by atoms with E-state index in [1.807, 2.05) is 0 Å². The van der Waals surface area contributed by atoms with E-state index in [-0.39, 0.29) is 11.9 Å². The van der Waals surface area contributed by atoms with Crippen LogP contribution in [0.5, 0.6) is 0 Å². The summed E-state index contributed by atoms with van der Waals surface area (Å²) in [5, 5.41) is 8.51. The molecule has 3 heterocycles. The van der Waals surface area contributed by atoms with Crippen LogP contribution in [0.2, 0.25) is 5.02 Å². The molecule has 0 unspecified atom stereocenters. The monoisotopic (exact) mass is 379 g/mol. The zero-order chi connectivity index (χ0) is 18.8. The summed E-state index contributed by atoms with van der Waals surface area (Å²) in [6.45, 7) is 0. The van der Waals surface area contributed by atoms with Gasteiger partial charge in [-0.1, -0.05) is 11.6 Å². The molecule has 0 saturated heterocycles. The molecular weight excluding hydrogens is 366 g/mol. The number of terminal acetylenes is 1. The molecule has 1 amide bonds. The molecule has 0 saturated carbocycles. The topological polar surface area (TPSA) is 85.3 Å². The molecule has 134 valence electrons. The van der Waals surface area contributed by atoms with Crippen LogP contribution in [0.4, 0.5) is 5.95 Å². The molecule has 3 aromatic heterocycles. The van der Waals surface area contributed by atoms with Crippen molar-refractivity contribution in [2.45, 2.75) is 19.3 Å². The summed E-state index contributed by atoms with van der Waals surface area (Å²) >= 11 is 6.13. The van der Waals surface area contributed by atoms with E-state index in [9.17, 15) is 4.79 Å². The Morgan fingerprint density at radius 3 is 3.00 bits per heavy atom. The van der Waals surface area contributed by atoms with E-state index in [2.05, 4.69) is 26.3 Å². The van der Waals surface area contributed by atoms with Gasteiger partial charge in [-0.05, 0) is 36.8 Å². The molecule has 0 bridgehead atoms. The molecule has 0 aliphatic carbocycles.